The quantitative estimate of drug-likeness (QED) is 0.864. The third kappa shape index (κ3) is 4.26. The number of hydrogen-bond donors (Lipinski definition) is 2. The summed E-state index contributed by atoms with van der Waals surface area (Å²) in [6, 6.07) is 0.234. The standard InChI is InChI=1S/C14H23N3O2/c1-14(2,3)19-13(18)17-12-6-4-10(5-7-12)11-8-15-16-9-11/h8-10,12H,4-7H2,1-3H3,(H,15,16)(H,17,18). The molecule has 2 N–H and O–H groups in total. The van der Waals surface area contributed by atoms with E-state index in [1.54, 1.807) is 0 Å². The Hall–Kier alpha value is -1.52. The molecule has 1 aliphatic carbocycles. The van der Waals surface area contributed by atoms with Crippen LogP contribution in [-0.2, 0) is 4.74 Å². The van der Waals surface area contributed by atoms with Gasteiger partial charge in [0.15, 0.2) is 0 Å². The summed E-state index contributed by atoms with van der Waals surface area (Å²) in [5, 5.41) is 9.80. The second-order valence-corrected chi connectivity index (χ2v) is 6.23. The molecule has 0 atom stereocenters. The number of hydrogen-bond acceptors (Lipinski definition) is 3. The lowest BCUT2D eigenvalue weighted by Crippen LogP contribution is -2.40. The van der Waals surface area contributed by atoms with Gasteiger partial charge in [0.05, 0.1) is 6.20 Å². The summed E-state index contributed by atoms with van der Waals surface area (Å²) in [6.45, 7) is 5.63. The molecule has 106 valence electrons. The van der Waals surface area contributed by atoms with Crippen LogP contribution in [0.25, 0.3) is 0 Å². The van der Waals surface area contributed by atoms with E-state index in [0.29, 0.717) is 5.92 Å². The average molecular weight is 265 g/mol. The minimum absolute atomic E-state index is 0.234. The Balaban J connectivity index is 1.76. The molecule has 2 rings (SSSR count). The minimum atomic E-state index is -0.432. The van der Waals surface area contributed by atoms with Crippen LogP contribution in [0.4, 0.5) is 4.79 Å². The lowest BCUT2D eigenvalue weighted by molar-refractivity contribution is 0.0491. The molecule has 0 spiro atoms. The second-order valence-electron chi connectivity index (χ2n) is 6.23. The van der Waals surface area contributed by atoms with Crippen molar-refractivity contribution in [1.29, 1.82) is 0 Å². The topological polar surface area (TPSA) is 67.0 Å². The predicted molar refractivity (Wildman–Crippen MR) is 73.0 cm³/mol. The molecule has 0 radical (unpaired) electrons. The third-order valence-electron chi connectivity index (χ3n) is 3.44. The maximum atomic E-state index is 11.7. The molecule has 1 heterocycles. The number of nitrogens with zero attached hydrogens (tertiary/aromatic N) is 1. The Morgan fingerprint density at radius 1 is 1.37 bits per heavy atom. The van der Waals surface area contributed by atoms with E-state index in [4.69, 9.17) is 4.74 Å². The minimum Gasteiger partial charge on any atom is -0.444 e. The number of aromatic nitrogens is 2. The first-order valence-electron chi connectivity index (χ1n) is 6.92. The van der Waals surface area contributed by atoms with Crippen LogP contribution in [0.15, 0.2) is 12.4 Å². The van der Waals surface area contributed by atoms with Gasteiger partial charge in [-0.1, -0.05) is 0 Å². The fourth-order valence-corrected chi connectivity index (χ4v) is 2.53. The van der Waals surface area contributed by atoms with Gasteiger partial charge in [-0.3, -0.25) is 5.10 Å². The van der Waals surface area contributed by atoms with Crippen LogP contribution in [0, 0.1) is 0 Å². The Morgan fingerprint density at radius 2 is 2.05 bits per heavy atom. The summed E-state index contributed by atoms with van der Waals surface area (Å²) in [5.41, 5.74) is 0.841. The Bertz CT molecular complexity index is 401. The van der Waals surface area contributed by atoms with Crippen molar-refractivity contribution in [3.05, 3.63) is 18.0 Å². The van der Waals surface area contributed by atoms with E-state index < -0.39 is 5.60 Å². The highest BCUT2D eigenvalue weighted by atomic mass is 16.6. The highest BCUT2D eigenvalue weighted by Crippen LogP contribution is 2.32. The molecule has 19 heavy (non-hydrogen) atoms. The van der Waals surface area contributed by atoms with Gasteiger partial charge < -0.3 is 10.1 Å². The predicted octanol–water partition coefficient (Wildman–Crippen LogP) is 2.96. The molecule has 0 aromatic carbocycles. The molecule has 1 aliphatic rings. The number of carbonyl (C=O) groups is 1. The van der Waals surface area contributed by atoms with Gasteiger partial charge in [0.25, 0.3) is 0 Å². The van der Waals surface area contributed by atoms with Crippen LogP contribution in [0.3, 0.4) is 0 Å². The van der Waals surface area contributed by atoms with Crippen molar-refractivity contribution in [3.63, 3.8) is 0 Å². The molecular formula is C14H23N3O2. The molecule has 1 fully saturated rings. The lowest BCUT2D eigenvalue weighted by Gasteiger charge is -2.29. The Kier molecular flexibility index (Phi) is 4.12. The molecule has 0 saturated heterocycles. The highest BCUT2D eigenvalue weighted by Gasteiger charge is 2.25. The largest absolute Gasteiger partial charge is 0.444 e. The number of ether oxygens (including phenoxy) is 1. The maximum Gasteiger partial charge on any atom is 0.407 e. The van der Waals surface area contributed by atoms with Crippen molar-refractivity contribution in [1.82, 2.24) is 15.5 Å². The summed E-state index contributed by atoms with van der Waals surface area (Å²) in [6.07, 6.45) is 7.71. The van der Waals surface area contributed by atoms with E-state index in [9.17, 15) is 4.79 Å². The first-order chi connectivity index (χ1) is 8.94. The van der Waals surface area contributed by atoms with Crippen LogP contribution < -0.4 is 5.32 Å². The summed E-state index contributed by atoms with van der Waals surface area (Å²) < 4.78 is 5.27. The number of nitrogens with one attached hydrogen (secondary N) is 2. The van der Waals surface area contributed by atoms with Crippen LogP contribution >= 0.6 is 0 Å². The van der Waals surface area contributed by atoms with E-state index in [-0.39, 0.29) is 12.1 Å². The first kappa shape index (κ1) is 13.9. The molecule has 1 saturated carbocycles. The summed E-state index contributed by atoms with van der Waals surface area (Å²) >= 11 is 0. The molecule has 0 unspecified atom stereocenters. The molecule has 1 aromatic heterocycles. The van der Waals surface area contributed by atoms with Crippen molar-refractivity contribution in [2.75, 3.05) is 0 Å². The molecule has 0 bridgehead atoms. The van der Waals surface area contributed by atoms with Crippen molar-refractivity contribution in [2.24, 2.45) is 0 Å². The lowest BCUT2D eigenvalue weighted by atomic mass is 9.83. The average Bonchev–Trinajstić information content (AvgIpc) is 2.80. The second kappa shape index (κ2) is 5.63. The van der Waals surface area contributed by atoms with Crippen LogP contribution in [0.5, 0.6) is 0 Å². The SMILES string of the molecule is CC(C)(C)OC(=O)NC1CCC(c2cn[nH]c2)CC1. The van der Waals surface area contributed by atoms with Crippen molar-refractivity contribution >= 4 is 6.09 Å². The smallest absolute Gasteiger partial charge is 0.407 e. The summed E-state index contributed by atoms with van der Waals surface area (Å²) in [5.74, 6) is 0.565. The zero-order valence-electron chi connectivity index (χ0n) is 11.9. The van der Waals surface area contributed by atoms with E-state index in [1.807, 2.05) is 33.2 Å². The van der Waals surface area contributed by atoms with Gasteiger partial charge in [0.2, 0.25) is 0 Å². The van der Waals surface area contributed by atoms with E-state index >= 15 is 0 Å². The summed E-state index contributed by atoms with van der Waals surface area (Å²) in [4.78, 5) is 11.7. The molecule has 1 amide bonds. The maximum absolute atomic E-state index is 11.7. The molecule has 1 aromatic rings. The summed E-state index contributed by atoms with van der Waals surface area (Å²) in [7, 11) is 0. The van der Waals surface area contributed by atoms with Crippen molar-refractivity contribution in [3.8, 4) is 0 Å². The van der Waals surface area contributed by atoms with Gasteiger partial charge in [-0.05, 0) is 57.9 Å². The number of H-pyrrole nitrogens is 1. The fraction of sp³-hybridized carbons (Fsp3) is 0.714. The van der Waals surface area contributed by atoms with Crippen LogP contribution in [0.1, 0.15) is 57.9 Å². The van der Waals surface area contributed by atoms with Gasteiger partial charge in [0, 0.05) is 12.2 Å². The molecule has 5 nitrogen and oxygen atoms in total. The monoisotopic (exact) mass is 265 g/mol. The van der Waals surface area contributed by atoms with Gasteiger partial charge in [-0.25, -0.2) is 4.79 Å². The highest BCUT2D eigenvalue weighted by molar-refractivity contribution is 5.68. The zero-order valence-corrected chi connectivity index (χ0v) is 11.9. The van der Waals surface area contributed by atoms with Crippen molar-refractivity contribution in [2.45, 2.75) is 64.0 Å². The number of alkyl carbamates (subject to hydrolysis) is 1. The Labute approximate surface area is 114 Å². The van der Waals surface area contributed by atoms with Crippen LogP contribution in [0.2, 0.25) is 0 Å². The molecular weight excluding hydrogens is 242 g/mol. The number of carbonyl (C=O) groups excluding carboxylic acids is 1. The first-order valence-corrected chi connectivity index (χ1v) is 6.92. The number of rotatable bonds is 2. The molecule has 0 aliphatic heterocycles. The van der Waals surface area contributed by atoms with E-state index in [0.717, 1.165) is 25.7 Å². The number of amides is 1. The normalized spacial score (nSPS) is 23.9. The van der Waals surface area contributed by atoms with E-state index in [2.05, 4.69) is 15.5 Å². The van der Waals surface area contributed by atoms with Gasteiger partial charge in [0.1, 0.15) is 5.60 Å². The van der Waals surface area contributed by atoms with Gasteiger partial charge in [-0.15, -0.1) is 0 Å². The Morgan fingerprint density at radius 3 is 2.58 bits per heavy atom. The van der Waals surface area contributed by atoms with Gasteiger partial charge >= 0.3 is 6.09 Å². The zero-order chi connectivity index (χ0) is 13.9. The number of aromatic amines is 1. The van der Waals surface area contributed by atoms with E-state index in [1.165, 1.54) is 5.56 Å². The van der Waals surface area contributed by atoms with Crippen molar-refractivity contribution < 1.29 is 9.53 Å². The van der Waals surface area contributed by atoms with Crippen LogP contribution in [-0.4, -0.2) is 27.9 Å². The third-order valence-corrected chi connectivity index (χ3v) is 3.44. The fourth-order valence-electron chi connectivity index (χ4n) is 2.53. The van der Waals surface area contributed by atoms with Gasteiger partial charge in [-0.2, -0.15) is 5.10 Å². The molecule has 5 heteroatoms.